The van der Waals surface area contributed by atoms with Crippen LogP contribution in [0.1, 0.15) is 24.0 Å². The number of nitrogens with one attached hydrogen (secondary N) is 2. The van der Waals surface area contributed by atoms with Gasteiger partial charge in [0.1, 0.15) is 19.3 Å². The van der Waals surface area contributed by atoms with Crippen molar-refractivity contribution in [1.29, 1.82) is 0 Å². The molecule has 1 aliphatic carbocycles. The van der Waals surface area contributed by atoms with Crippen LogP contribution >= 0.6 is 0 Å². The summed E-state index contributed by atoms with van der Waals surface area (Å²) >= 11 is 0. The third kappa shape index (κ3) is 8.68. The fourth-order valence-electron chi connectivity index (χ4n) is 4.86. The maximum atomic E-state index is 12.6. The number of hydrogen-bond donors (Lipinski definition) is 5. The second-order valence-corrected chi connectivity index (χ2v) is 12.7. The molecule has 5 N–H and O–H groups in total. The normalized spacial score (nSPS) is 23.8. The molecule has 0 spiro atoms. The molecule has 2 unspecified atom stereocenters. The molecule has 18 nitrogen and oxygen atoms in total. The molecular weight excluding hydrogens is 656 g/mol. The molecule has 21 heteroatoms. The van der Waals surface area contributed by atoms with Crippen molar-refractivity contribution in [3.63, 3.8) is 0 Å². The number of ether oxygens (including phenoxy) is 2. The van der Waals surface area contributed by atoms with E-state index in [1.807, 2.05) is 53.8 Å². The Bertz CT molecular complexity index is 1690. The second-order valence-electron chi connectivity index (χ2n) is 9.53. The molecule has 1 aliphatic heterocycles. The highest BCUT2D eigenvalue weighted by Gasteiger charge is 2.51. The molecule has 2 amide bonds. The number of hydrogen-bond acceptors (Lipinski definition) is 13. The van der Waals surface area contributed by atoms with Crippen molar-refractivity contribution in [2.45, 2.75) is 37.6 Å². The summed E-state index contributed by atoms with van der Waals surface area (Å²) in [6.07, 6.45) is -9.86. The first-order chi connectivity index (χ1) is 20.4. The Hall–Kier alpha value is -3.25. The Morgan fingerprint density at radius 1 is 0.795 bits per heavy atom. The van der Waals surface area contributed by atoms with Crippen LogP contribution in [-0.4, -0.2) is 88.8 Å². The van der Waals surface area contributed by atoms with Crippen molar-refractivity contribution < 1.29 is 70.5 Å². The predicted molar refractivity (Wildman–Crippen MR) is 145 cm³/mol. The van der Waals surface area contributed by atoms with E-state index in [1.165, 1.54) is 0 Å². The largest absolute Gasteiger partial charge is 0.449 e. The first-order valence-corrected chi connectivity index (χ1v) is 16.5. The zero-order valence-corrected chi connectivity index (χ0v) is 24.8. The molecule has 1 heterocycles. The Morgan fingerprint density at radius 2 is 1.30 bits per heavy atom. The first kappa shape index (κ1) is 33.6. The fraction of sp³-hybridized carbons (Fsp3) is 0.391. The number of fused-ring (bicyclic) bond motifs is 3. The van der Waals surface area contributed by atoms with Gasteiger partial charge in [-0.2, -0.15) is 25.3 Å². The highest BCUT2D eigenvalue weighted by Crippen LogP contribution is 2.44. The standard InChI is InChI=1S/C23H26N2O16S3/c1-12-19(39-42(28,29)30)20(40-43(31,32)33)21(38-22(12)41-44(34,35)36)25-18(26)10-24-23(27)37-11-17-15-8-4-2-6-13(15)14-7-3-5-9-16(14)17/h2-9,12,17,19-22H,10-11H2,1H3,(H,24,27)(H,25,26)(H,28,29,30)(H,31,32,33)(H,34,35,36)/t12-,19-,20?,21-,22?/m1/s1. The Labute approximate surface area is 251 Å². The van der Waals surface area contributed by atoms with Gasteiger partial charge in [0.15, 0.2) is 18.6 Å². The summed E-state index contributed by atoms with van der Waals surface area (Å²) in [5, 5.41) is 4.12. The molecule has 0 aromatic heterocycles. The highest BCUT2D eigenvalue weighted by atomic mass is 32.3. The van der Waals surface area contributed by atoms with E-state index in [0.717, 1.165) is 29.2 Å². The van der Waals surface area contributed by atoms with Gasteiger partial charge in [-0.15, -0.1) is 0 Å². The summed E-state index contributed by atoms with van der Waals surface area (Å²) in [6.45, 7) is 0.0276. The molecule has 242 valence electrons. The number of alkyl carbamates (subject to hydrolysis) is 1. The summed E-state index contributed by atoms with van der Waals surface area (Å²) in [5.41, 5.74) is 3.81. The third-order valence-corrected chi connectivity index (χ3v) is 7.94. The molecular formula is C23H26N2O16S3. The topological polar surface area (TPSA) is 267 Å². The molecule has 4 rings (SSSR count). The molecule has 0 bridgehead atoms. The molecule has 0 radical (unpaired) electrons. The van der Waals surface area contributed by atoms with Crippen LogP contribution in [0.5, 0.6) is 0 Å². The van der Waals surface area contributed by atoms with Crippen LogP contribution in [0.4, 0.5) is 4.79 Å². The van der Waals surface area contributed by atoms with Crippen molar-refractivity contribution >= 4 is 43.2 Å². The quantitative estimate of drug-likeness (QED) is 0.197. The lowest BCUT2D eigenvalue weighted by Crippen LogP contribution is -2.63. The van der Waals surface area contributed by atoms with Gasteiger partial charge in [0.25, 0.3) is 0 Å². The van der Waals surface area contributed by atoms with Gasteiger partial charge in [-0.1, -0.05) is 55.5 Å². The number of amides is 2. The molecule has 2 aromatic rings. The SMILES string of the molecule is C[C@H]1C(OS(=O)(=O)O)O[C@@H](NC(=O)CNC(=O)OCC2c3ccccc3-c3ccccc32)C(OS(=O)(=O)O)[C@@H]1OS(=O)(=O)O. The van der Waals surface area contributed by atoms with E-state index in [1.54, 1.807) is 0 Å². The minimum absolute atomic E-state index is 0.0985. The van der Waals surface area contributed by atoms with Crippen molar-refractivity contribution in [2.75, 3.05) is 13.2 Å². The van der Waals surface area contributed by atoms with Gasteiger partial charge < -0.3 is 20.1 Å². The number of benzene rings is 2. The lowest BCUT2D eigenvalue weighted by molar-refractivity contribution is -0.246. The Morgan fingerprint density at radius 3 is 1.82 bits per heavy atom. The Kier molecular flexibility index (Phi) is 9.94. The van der Waals surface area contributed by atoms with Crippen molar-refractivity contribution in [2.24, 2.45) is 5.92 Å². The van der Waals surface area contributed by atoms with E-state index < -0.39 is 80.4 Å². The van der Waals surface area contributed by atoms with Gasteiger partial charge in [0, 0.05) is 11.8 Å². The van der Waals surface area contributed by atoms with Crippen LogP contribution in [0.25, 0.3) is 11.1 Å². The highest BCUT2D eigenvalue weighted by molar-refractivity contribution is 7.81. The van der Waals surface area contributed by atoms with E-state index >= 15 is 0 Å². The fourth-order valence-corrected chi connectivity index (χ4v) is 6.38. The summed E-state index contributed by atoms with van der Waals surface area (Å²) < 4.78 is 119. The number of rotatable bonds is 11. The van der Waals surface area contributed by atoms with Gasteiger partial charge in [0.2, 0.25) is 5.91 Å². The molecule has 1 saturated heterocycles. The second kappa shape index (κ2) is 13.0. The van der Waals surface area contributed by atoms with E-state index in [0.29, 0.717) is 0 Å². The van der Waals surface area contributed by atoms with Crippen molar-refractivity contribution in [1.82, 2.24) is 10.6 Å². The lowest BCUT2D eigenvalue weighted by Gasteiger charge is -2.42. The summed E-state index contributed by atoms with van der Waals surface area (Å²) in [7, 11) is -16.1. The minimum Gasteiger partial charge on any atom is -0.449 e. The average Bonchev–Trinajstić information content (AvgIpc) is 3.22. The van der Waals surface area contributed by atoms with E-state index in [9.17, 15) is 39.4 Å². The zero-order valence-electron chi connectivity index (χ0n) is 22.4. The van der Waals surface area contributed by atoms with Crippen LogP contribution in [0.3, 0.4) is 0 Å². The Balaban J connectivity index is 1.43. The van der Waals surface area contributed by atoms with Gasteiger partial charge >= 0.3 is 37.3 Å². The maximum Gasteiger partial charge on any atom is 0.407 e. The van der Waals surface area contributed by atoms with Crippen LogP contribution in [0.2, 0.25) is 0 Å². The van der Waals surface area contributed by atoms with Crippen LogP contribution < -0.4 is 10.6 Å². The van der Waals surface area contributed by atoms with E-state index in [4.69, 9.17) is 18.6 Å². The zero-order chi connectivity index (χ0) is 32.4. The van der Waals surface area contributed by atoms with Crippen molar-refractivity contribution in [3.05, 3.63) is 59.7 Å². The average molecular weight is 683 g/mol. The summed E-state index contributed by atoms with van der Waals surface area (Å²) in [4.78, 5) is 25.1. The van der Waals surface area contributed by atoms with Crippen LogP contribution in [-0.2, 0) is 58.0 Å². The summed E-state index contributed by atoms with van der Waals surface area (Å²) in [5.74, 6) is -3.10. The molecule has 2 aromatic carbocycles. The summed E-state index contributed by atoms with van der Waals surface area (Å²) in [6, 6.07) is 15.1. The third-order valence-electron chi connectivity index (χ3n) is 6.57. The van der Waals surface area contributed by atoms with Crippen LogP contribution in [0, 0.1) is 5.92 Å². The minimum atomic E-state index is -5.43. The smallest absolute Gasteiger partial charge is 0.407 e. The molecule has 5 atom stereocenters. The molecule has 44 heavy (non-hydrogen) atoms. The monoisotopic (exact) mass is 682 g/mol. The van der Waals surface area contributed by atoms with Crippen LogP contribution in [0.15, 0.2) is 48.5 Å². The maximum absolute atomic E-state index is 12.6. The van der Waals surface area contributed by atoms with E-state index in [2.05, 4.69) is 17.9 Å². The van der Waals surface area contributed by atoms with Gasteiger partial charge in [-0.05, 0) is 22.3 Å². The van der Waals surface area contributed by atoms with Gasteiger partial charge in [0.05, 0.1) is 0 Å². The molecule has 0 saturated carbocycles. The first-order valence-electron chi connectivity index (χ1n) is 12.4. The van der Waals surface area contributed by atoms with Gasteiger partial charge in [-0.3, -0.25) is 18.5 Å². The number of carbonyl (C=O) groups excluding carboxylic acids is 2. The van der Waals surface area contributed by atoms with E-state index in [-0.39, 0.29) is 12.5 Å². The predicted octanol–water partition coefficient (Wildman–Crippen LogP) is 0.155. The lowest BCUT2D eigenvalue weighted by atomic mass is 9.95. The van der Waals surface area contributed by atoms with Crippen molar-refractivity contribution in [3.8, 4) is 11.1 Å². The molecule has 1 fully saturated rings. The number of carbonyl (C=O) groups is 2. The van der Waals surface area contributed by atoms with Gasteiger partial charge in [-0.25, -0.2) is 17.3 Å². The molecule has 2 aliphatic rings.